The van der Waals surface area contributed by atoms with Crippen LogP contribution in [0.25, 0.3) is 0 Å². The van der Waals surface area contributed by atoms with Crippen LogP contribution in [0, 0.1) is 17.8 Å². The molecule has 1 rings (SSSR count). The van der Waals surface area contributed by atoms with E-state index < -0.39 is 15.5 Å². The van der Waals surface area contributed by atoms with Crippen LogP contribution < -0.4 is 0 Å². The Morgan fingerprint density at radius 3 is 2.50 bits per heavy atom. The molecule has 3 nitrogen and oxygen atoms in total. The molecule has 1 fully saturated rings. The summed E-state index contributed by atoms with van der Waals surface area (Å²) in [4.78, 5) is 0. The normalized spacial score (nSPS) is 37.2. The molecule has 1 heterocycles. The Labute approximate surface area is 60.5 Å². The molecule has 1 saturated heterocycles. The number of hydrogen-bond donors (Lipinski definition) is 0. The predicted molar refractivity (Wildman–Crippen MR) is 36.7 cm³/mol. The van der Waals surface area contributed by atoms with Gasteiger partial charge in [-0.2, -0.15) is 8.42 Å². The van der Waals surface area contributed by atoms with Crippen LogP contribution in [0.4, 0.5) is 0 Å². The molecular weight excluding hydrogens is 152 g/mol. The van der Waals surface area contributed by atoms with Crippen LogP contribution in [0.15, 0.2) is 0 Å². The lowest BCUT2D eigenvalue weighted by Gasteiger charge is -2.08. The maximum atomic E-state index is 10.7. The SMILES string of the molecule is C#CC1(C)COS(=O)(=O)C1. The van der Waals surface area contributed by atoms with E-state index in [-0.39, 0.29) is 12.4 Å². The molecule has 4 heteroatoms. The predicted octanol–water partition coefficient (Wildman–Crippen LogP) is -0.0141. The van der Waals surface area contributed by atoms with Crippen LogP contribution >= 0.6 is 0 Å². The Morgan fingerprint density at radius 2 is 2.30 bits per heavy atom. The maximum Gasteiger partial charge on any atom is 0.268 e. The van der Waals surface area contributed by atoms with Gasteiger partial charge in [0.2, 0.25) is 0 Å². The average Bonchev–Trinajstić information content (AvgIpc) is 2.08. The summed E-state index contributed by atoms with van der Waals surface area (Å²) < 4.78 is 25.9. The van der Waals surface area contributed by atoms with Gasteiger partial charge in [-0.25, -0.2) is 0 Å². The molecule has 0 bridgehead atoms. The molecule has 0 aliphatic carbocycles. The Bertz CT molecular complexity index is 272. The van der Waals surface area contributed by atoms with Crippen molar-refractivity contribution in [3.63, 3.8) is 0 Å². The Balaban J connectivity index is 2.89. The van der Waals surface area contributed by atoms with E-state index in [1.807, 2.05) is 0 Å². The van der Waals surface area contributed by atoms with Crippen molar-refractivity contribution >= 4 is 10.1 Å². The van der Waals surface area contributed by atoms with Gasteiger partial charge in [0.1, 0.15) is 0 Å². The zero-order valence-electron chi connectivity index (χ0n) is 5.62. The van der Waals surface area contributed by atoms with Gasteiger partial charge in [0.05, 0.1) is 17.8 Å². The summed E-state index contributed by atoms with van der Waals surface area (Å²) in [6, 6.07) is 0. The molecule has 1 atom stereocenters. The van der Waals surface area contributed by atoms with E-state index in [1.165, 1.54) is 0 Å². The van der Waals surface area contributed by atoms with Gasteiger partial charge in [-0.15, -0.1) is 6.42 Å². The summed E-state index contributed by atoms with van der Waals surface area (Å²) in [7, 11) is -3.31. The molecule has 0 aromatic rings. The Kier molecular flexibility index (Phi) is 1.50. The van der Waals surface area contributed by atoms with Crippen LogP contribution in [-0.4, -0.2) is 20.8 Å². The molecular formula is C6H8O3S. The largest absolute Gasteiger partial charge is 0.268 e. The highest BCUT2D eigenvalue weighted by atomic mass is 32.2. The van der Waals surface area contributed by atoms with Crippen LogP contribution in [0.3, 0.4) is 0 Å². The molecule has 0 aromatic carbocycles. The Hall–Kier alpha value is -0.530. The fourth-order valence-electron chi connectivity index (χ4n) is 0.777. The van der Waals surface area contributed by atoms with Crippen molar-refractivity contribution in [3.8, 4) is 12.3 Å². The minimum Gasteiger partial charge on any atom is -0.268 e. The highest BCUT2D eigenvalue weighted by molar-refractivity contribution is 7.87. The van der Waals surface area contributed by atoms with Crippen LogP contribution in [0.1, 0.15) is 6.92 Å². The van der Waals surface area contributed by atoms with E-state index in [1.54, 1.807) is 6.92 Å². The first-order valence-electron chi connectivity index (χ1n) is 2.82. The molecule has 0 aromatic heterocycles. The molecule has 1 aliphatic heterocycles. The van der Waals surface area contributed by atoms with E-state index in [0.717, 1.165) is 0 Å². The molecule has 0 radical (unpaired) electrons. The summed E-state index contributed by atoms with van der Waals surface area (Å²) in [5.74, 6) is 2.33. The lowest BCUT2D eigenvalue weighted by atomic mass is 9.97. The van der Waals surface area contributed by atoms with Crippen LogP contribution in [-0.2, 0) is 14.3 Å². The zero-order chi connectivity index (χ0) is 7.83. The third-order valence-electron chi connectivity index (χ3n) is 1.40. The molecule has 10 heavy (non-hydrogen) atoms. The van der Waals surface area contributed by atoms with Gasteiger partial charge in [0.15, 0.2) is 0 Å². The first-order chi connectivity index (χ1) is 4.47. The van der Waals surface area contributed by atoms with Gasteiger partial charge in [0.25, 0.3) is 10.1 Å². The monoisotopic (exact) mass is 160 g/mol. The summed E-state index contributed by atoms with van der Waals surface area (Å²) in [6.45, 7) is 1.81. The van der Waals surface area contributed by atoms with Crippen molar-refractivity contribution in [3.05, 3.63) is 0 Å². The molecule has 0 spiro atoms. The van der Waals surface area contributed by atoms with E-state index in [0.29, 0.717) is 0 Å². The van der Waals surface area contributed by atoms with Crippen molar-refractivity contribution in [2.45, 2.75) is 6.92 Å². The summed E-state index contributed by atoms with van der Waals surface area (Å²) in [5, 5.41) is 0. The first kappa shape index (κ1) is 7.58. The van der Waals surface area contributed by atoms with Gasteiger partial charge in [-0.05, 0) is 6.92 Å². The van der Waals surface area contributed by atoms with Crippen molar-refractivity contribution < 1.29 is 12.6 Å². The highest BCUT2D eigenvalue weighted by Gasteiger charge is 2.38. The fourth-order valence-corrected chi connectivity index (χ4v) is 2.25. The third-order valence-corrected chi connectivity index (χ3v) is 2.87. The number of rotatable bonds is 0. The third kappa shape index (κ3) is 1.31. The second-order valence-electron chi connectivity index (χ2n) is 2.67. The van der Waals surface area contributed by atoms with Crippen molar-refractivity contribution in [1.29, 1.82) is 0 Å². The van der Waals surface area contributed by atoms with Gasteiger partial charge in [-0.3, -0.25) is 4.18 Å². The molecule has 1 aliphatic rings. The minimum atomic E-state index is -3.31. The quantitative estimate of drug-likeness (QED) is 0.369. The molecule has 56 valence electrons. The van der Waals surface area contributed by atoms with E-state index in [9.17, 15) is 8.42 Å². The van der Waals surface area contributed by atoms with Crippen molar-refractivity contribution in [1.82, 2.24) is 0 Å². The van der Waals surface area contributed by atoms with Crippen molar-refractivity contribution in [2.75, 3.05) is 12.4 Å². The second kappa shape index (κ2) is 1.97. The maximum absolute atomic E-state index is 10.7. The number of terminal acetylenes is 1. The number of hydrogen-bond acceptors (Lipinski definition) is 3. The molecule has 1 unspecified atom stereocenters. The summed E-state index contributed by atoms with van der Waals surface area (Å²) >= 11 is 0. The lowest BCUT2D eigenvalue weighted by molar-refractivity contribution is 0.286. The van der Waals surface area contributed by atoms with E-state index in [2.05, 4.69) is 10.1 Å². The van der Waals surface area contributed by atoms with Gasteiger partial charge < -0.3 is 0 Å². The highest BCUT2D eigenvalue weighted by Crippen LogP contribution is 2.26. The van der Waals surface area contributed by atoms with Crippen LogP contribution in [0.5, 0.6) is 0 Å². The summed E-state index contributed by atoms with van der Waals surface area (Å²) in [5.41, 5.74) is -0.612. The fraction of sp³-hybridized carbons (Fsp3) is 0.667. The van der Waals surface area contributed by atoms with Gasteiger partial charge in [0, 0.05) is 0 Å². The van der Waals surface area contributed by atoms with E-state index in [4.69, 9.17) is 6.42 Å². The molecule has 0 saturated carbocycles. The van der Waals surface area contributed by atoms with Crippen molar-refractivity contribution in [2.24, 2.45) is 5.41 Å². The summed E-state index contributed by atoms with van der Waals surface area (Å²) in [6.07, 6.45) is 5.09. The van der Waals surface area contributed by atoms with Gasteiger partial charge in [-0.1, -0.05) is 5.92 Å². The second-order valence-corrected chi connectivity index (χ2v) is 4.31. The lowest BCUT2D eigenvalue weighted by Crippen LogP contribution is -2.17. The zero-order valence-corrected chi connectivity index (χ0v) is 6.44. The minimum absolute atomic E-state index is 0.0590. The van der Waals surface area contributed by atoms with E-state index >= 15 is 0 Å². The topological polar surface area (TPSA) is 43.4 Å². The van der Waals surface area contributed by atoms with Gasteiger partial charge >= 0.3 is 0 Å². The van der Waals surface area contributed by atoms with Crippen LogP contribution in [0.2, 0.25) is 0 Å². The smallest absolute Gasteiger partial charge is 0.268 e. The average molecular weight is 160 g/mol. The first-order valence-corrected chi connectivity index (χ1v) is 4.40. The standard InChI is InChI=1S/C6H8O3S/c1-3-6(2)4-9-10(7,8)5-6/h1H,4-5H2,2H3. The molecule has 0 amide bonds. The molecule has 0 N–H and O–H groups in total. The Morgan fingerprint density at radius 1 is 1.70 bits per heavy atom.